The standard InChI is InChI=1S/C15H26F3N3/c16-15(17,18)12-5-6-14(19-11-12)21-9-7-20(8-10-21)13-3-1-2-4-13/h12-14,19H,1-11H2. The van der Waals surface area contributed by atoms with Gasteiger partial charge in [0, 0.05) is 38.8 Å². The predicted molar refractivity (Wildman–Crippen MR) is 76.0 cm³/mol. The number of rotatable bonds is 2. The predicted octanol–water partition coefficient (Wildman–Crippen LogP) is 2.43. The molecule has 1 aliphatic carbocycles. The van der Waals surface area contributed by atoms with Crippen molar-refractivity contribution in [2.45, 2.75) is 56.9 Å². The van der Waals surface area contributed by atoms with E-state index in [0.29, 0.717) is 6.42 Å². The highest BCUT2D eigenvalue weighted by Gasteiger charge is 2.42. The van der Waals surface area contributed by atoms with Crippen LogP contribution in [0.2, 0.25) is 0 Å². The number of halogens is 3. The van der Waals surface area contributed by atoms with Gasteiger partial charge in [-0.2, -0.15) is 13.2 Å². The molecule has 0 radical (unpaired) electrons. The molecule has 1 N–H and O–H groups in total. The third kappa shape index (κ3) is 3.71. The van der Waals surface area contributed by atoms with Crippen LogP contribution in [0.5, 0.6) is 0 Å². The van der Waals surface area contributed by atoms with E-state index in [1.54, 1.807) is 0 Å². The Hall–Kier alpha value is -0.330. The summed E-state index contributed by atoms with van der Waals surface area (Å²) in [5.41, 5.74) is 0. The lowest BCUT2D eigenvalue weighted by molar-refractivity contribution is -0.182. The highest BCUT2D eigenvalue weighted by Crippen LogP contribution is 2.33. The zero-order valence-electron chi connectivity index (χ0n) is 12.5. The van der Waals surface area contributed by atoms with Crippen molar-refractivity contribution in [3.05, 3.63) is 0 Å². The zero-order valence-corrected chi connectivity index (χ0v) is 12.5. The van der Waals surface area contributed by atoms with Gasteiger partial charge in [0.05, 0.1) is 12.1 Å². The van der Waals surface area contributed by atoms with E-state index in [2.05, 4.69) is 15.1 Å². The molecule has 0 aromatic heterocycles. The van der Waals surface area contributed by atoms with Crippen molar-refractivity contribution in [2.24, 2.45) is 5.92 Å². The molecule has 2 aliphatic heterocycles. The van der Waals surface area contributed by atoms with Crippen LogP contribution in [0, 0.1) is 5.92 Å². The summed E-state index contributed by atoms with van der Waals surface area (Å²) < 4.78 is 38.0. The van der Waals surface area contributed by atoms with E-state index in [4.69, 9.17) is 0 Å². The van der Waals surface area contributed by atoms with Crippen LogP contribution in [0.4, 0.5) is 13.2 Å². The molecule has 3 rings (SSSR count). The number of hydrogen-bond donors (Lipinski definition) is 1. The topological polar surface area (TPSA) is 18.5 Å². The Balaban J connectivity index is 1.43. The fourth-order valence-corrected chi connectivity index (χ4v) is 4.12. The van der Waals surface area contributed by atoms with Crippen LogP contribution in [0.25, 0.3) is 0 Å². The molecule has 3 fully saturated rings. The Morgan fingerprint density at radius 3 is 1.95 bits per heavy atom. The molecular formula is C15H26F3N3. The van der Waals surface area contributed by atoms with E-state index >= 15 is 0 Å². The largest absolute Gasteiger partial charge is 0.393 e. The maximum absolute atomic E-state index is 12.7. The summed E-state index contributed by atoms with van der Waals surface area (Å²) >= 11 is 0. The number of piperidine rings is 1. The van der Waals surface area contributed by atoms with E-state index < -0.39 is 12.1 Å². The lowest BCUT2D eigenvalue weighted by Gasteiger charge is -2.44. The smallest absolute Gasteiger partial charge is 0.301 e. The van der Waals surface area contributed by atoms with Gasteiger partial charge in [0.25, 0.3) is 0 Å². The SMILES string of the molecule is FC(F)(F)C1CCC(N2CCN(C3CCCC3)CC2)NC1. The maximum Gasteiger partial charge on any atom is 0.393 e. The van der Waals surface area contributed by atoms with Crippen LogP contribution in [-0.2, 0) is 0 Å². The van der Waals surface area contributed by atoms with Gasteiger partial charge >= 0.3 is 6.18 Å². The first-order chi connectivity index (χ1) is 10.0. The third-order valence-electron chi connectivity index (χ3n) is 5.48. The van der Waals surface area contributed by atoms with Crippen molar-refractivity contribution in [3.63, 3.8) is 0 Å². The zero-order chi connectivity index (χ0) is 14.9. The minimum atomic E-state index is -4.04. The minimum absolute atomic E-state index is 0.0804. The van der Waals surface area contributed by atoms with Gasteiger partial charge in [-0.1, -0.05) is 12.8 Å². The molecule has 2 unspecified atom stereocenters. The minimum Gasteiger partial charge on any atom is -0.301 e. The molecule has 3 nitrogen and oxygen atoms in total. The van der Waals surface area contributed by atoms with Crippen molar-refractivity contribution in [3.8, 4) is 0 Å². The van der Waals surface area contributed by atoms with Crippen LogP contribution in [-0.4, -0.2) is 60.9 Å². The van der Waals surface area contributed by atoms with Gasteiger partial charge in [-0.3, -0.25) is 9.80 Å². The summed E-state index contributed by atoms with van der Waals surface area (Å²) in [6, 6.07) is 0.765. The molecule has 0 aromatic carbocycles. The summed E-state index contributed by atoms with van der Waals surface area (Å²) in [4.78, 5) is 4.93. The number of hydrogen-bond acceptors (Lipinski definition) is 3. The average Bonchev–Trinajstić information content (AvgIpc) is 3.01. The second-order valence-corrected chi connectivity index (χ2v) is 6.75. The summed E-state index contributed by atoms with van der Waals surface area (Å²) in [5.74, 6) is -1.16. The van der Waals surface area contributed by atoms with Gasteiger partial charge in [-0.15, -0.1) is 0 Å². The highest BCUT2D eigenvalue weighted by atomic mass is 19.4. The molecule has 122 valence electrons. The lowest BCUT2D eigenvalue weighted by Crippen LogP contribution is -2.58. The fourth-order valence-electron chi connectivity index (χ4n) is 4.12. The van der Waals surface area contributed by atoms with Gasteiger partial charge in [0.1, 0.15) is 0 Å². The average molecular weight is 305 g/mol. The summed E-state index contributed by atoms with van der Waals surface area (Å²) in [7, 11) is 0. The van der Waals surface area contributed by atoms with Crippen LogP contribution in [0.1, 0.15) is 38.5 Å². The molecule has 1 saturated carbocycles. The molecule has 2 heterocycles. The Morgan fingerprint density at radius 1 is 0.810 bits per heavy atom. The van der Waals surface area contributed by atoms with E-state index in [0.717, 1.165) is 32.2 Å². The number of nitrogens with zero attached hydrogens (tertiary/aromatic N) is 2. The van der Waals surface area contributed by atoms with Crippen LogP contribution >= 0.6 is 0 Å². The van der Waals surface area contributed by atoms with Crippen molar-refractivity contribution in [2.75, 3.05) is 32.7 Å². The highest BCUT2D eigenvalue weighted by molar-refractivity contribution is 4.87. The third-order valence-corrected chi connectivity index (χ3v) is 5.48. The molecule has 21 heavy (non-hydrogen) atoms. The maximum atomic E-state index is 12.7. The molecule has 2 saturated heterocycles. The number of piperazine rings is 1. The van der Waals surface area contributed by atoms with Gasteiger partial charge < -0.3 is 5.32 Å². The van der Waals surface area contributed by atoms with Crippen molar-refractivity contribution >= 4 is 0 Å². The molecule has 6 heteroatoms. The first-order valence-corrected chi connectivity index (χ1v) is 8.32. The Morgan fingerprint density at radius 2 is 1.43 bits per heavy atom. The van der Waals surface area contributed by atoms with E-state index in [1.165, 1.54) is 25.7 Å². The summed E-state index contributed by atoms with van der Waals surface area (Å²) in [6.45, 7) is 4.21. The van der Waals surface area contributed by atoms with E-state index in [9.17, 15) is 13.2 Å². The fraction of sp³-hybridized carbons (Fsp3) is 1.00. The monoisotopic (exact) mass is 305 g/mol. The van der Waals surface area contributed by atoms with Crippen molar-refractivity contribution in [1.29, 1.82) is 0 Å². The second-order valence-electron chi connectivity index (χ2n) is 6.75. The second kappa shape index (κ2) is 6.42. The molecular weight excluding hydrogens is 279 g/mol. The lowest BCUT2D eigenvalue weighted by atomic mass is 9.96. The van der Waals surface area contributed by atoms with E-state index in [1.807, 2.05) is 0 Å². The van der Waals surface area contributed by atoms with Crippen molar-refractivity contribution in [1.82, 2.24) is 15.1 Å². The Kier molecular flexibility index (Phi) is 4.76. The van der Waals surface area contributed by atoms with E-state index in [-0.39, 0.29) is 19.1 Å². The van der Waals surface area contributed by atoms with Crippen LogP contribution < -0.4 is 5.32 Å². The van der Waals surface area contributed by atoms with Crippen molar-refractivity contribution < 1.29 is 13.2 Å². The first-order valence-electron chi connectivity index (χ1n) is 8.32. The van der Waals surface area contributed by atoms with Gasteiger partial charge in [0.2, 0.25) is 0 Å². The first kappa shape index (κ1) is 15.6. The summed E-state index contributed by atoms with van der Waals surface area (Å²) in [5, 5.41) is 3.12. The summed E-state index contributed by atoms with van der Waals surface area (Å²) in [6.07, 6.45) is 2.36. The van der Waals surface area contributed by atoms with Gasteiger partial charge in [0.15, 0.2) is 0 Å². The van der Waals surface area contributed by atoms with Crippen LogP contribution in [0.15, 0.2) is 0 Å². The quantitative estimate of drug-likeness (QED) is 0.845. The van der Waals surface area contributed by atoms with Crippen LogP contribution in [0.3, 0.4) is 0 Å². The number of alkyl halides is 3. The molecule has 0 aromatic rings. The van der Waals surface area contributed by atoms with Gasteiger partial charge in [-0.25, -0.2) is 0 Å². The Bertz CT molecular complexity index is 326. The molecule has 0 amide bonds. The Labute approximate surface area is 124 Å². The van der Waals surface area contributed by atoms with Gasteiger partial charge in [-0.05, 0) is 25.7 Å². The molecule has 3 aliphatic rings. The molecule has 0 spiro atoms. The normalized spacial score (nSPS) is 34.4. The molecule has 2 atom stereocenters. The molecule has 0 bridgehead atoms. The number of nitrogens with one attached hydrogen (secondary N) is 1.